The lowest BCUT2D eigenvalue weighted by molar-refractivity contribution is 0.271. The van der Waals surface area contributed by atoms with Gasteiger partial charge in [-0.3, -0.25) is 4.98 Å². The minimum atomic E-state index is -1.84. The Hall–Kier alpha value is -0.943. The van der Waals surface area contributed by atoms with Gasteiger partial charge in [0.1, 0.15) is 0 Å². The fourth-order valence-corrected chi connectivity index (χ4v) is 1.95. The monoisotopic (exact) mass is 257 g/mol. The van der Waals surface area contributed by atoms with Crippen molar-refractivity contribution >= 4 is 8.32 Å². The van der Waals surface area contributed by atoms with E-state index < -0.39 is 19.9 Å². The van der Waals surface area contributed by atoms with Crippen LogP contribution in [-0.4, -0.2) is 18.4 Å². The van der Waals surface area contributed by atoms with Crippen LogP contribution in [0.4, 0.5) is 4.39 Å². The molecule has 0 spiro atoms. The molecule has 5 heteroatoms. The maximum Gasteiger partial charge on any atom is 0.192 e. The second-order valence-electron chi connectivity index (χ2n) is 5.68. The first-order chi connectivity index (χ1) is 7.63. The van der Waals surface area contributed by atoms with Gasteiger partial charge in [-0.25, -0.2) is 4.39 Å². The molecule has 1 heterocycles. The van der Waals surface area contributed by atoms with Crippen LogP contribution in [0, 0.1) is 5.82 Å². The Morgan fingerprint density at radius 1 is 1.41 bits per heavy atom. The molecule has 0 aliphatic heterocycles. The van der Waals surface area contributed by atoms with Crippen LogP contribution in [0.3, 0.4) is 0 Å². The summed E-state index contributed by atoms with van der Waals surface area (Å²) in [4.78, 5) is 3.93. The van der Waals surface area contributed by atoms with Crippen LogP contribution < -0.4 is 0 Å². The Bertz CT molecular complexity index is 402. The minimum absolute atomic E-state index is 0.114. The van der Waals surface area contributed by atoms with Gasteiger partial charge in [-0.2, -0.15) is 0 Å². The lowest BCUT2D eigenvalue weighted by atomic mass is 10.2. The third-order valence-corrected chi connectivity index (χ3v) is 7.76. The van der Waals surface area contributed by atoms with Gasteiger partial charge in [0.05, 0.1) is 18.5 Å². The first kappa shape index (κ1) is 14.1. The summed E-state index contributed by atoms with van der Waals surface area (Å²) < 4.78 is 19.0. The molecule has 0 unspecified atom stereocenters. The Kier molecular flexibility index (Phi) is 3.94. The fourth-order valence-electron chi connectivity index (χ4n) is 1.01. The van der Waals surface area contributed by atoms with Crippen LogP contribution in [0.15, 0.2) is 12.3 Å². The zero-order chi connectivity index (χ0) is 13.3. The van der Waals surface area contributed by atoms with E-state index in [1.807, 2.05) is 0 Å². The van der Waals surface area contributed by atoms with Crippen molar-refractivity contribution in [3.63, 3.8) is 0 Å². The molecule has 0 saturated carbocycles. The van der Waals surface area contributed by atoms with Crippen molar-refractivity contribution in [2.45, 2.75) is 45.5 Å². The van der Waals surface area contributed by atoms with Crippen LogP contribution >= 0.6 is 0 Å². The molecule has 0 radical (unpaired) electrons. The molecular formula is C12H20FNO2Si. The quantitative estimate of drug-likeness (QED) is 0.843. The summed E-state index contributed by atoms with van der Waals surface area (Å²) in [5.41, 5.74) is 0.505. The topological polar surface area (TPSA) is 42.4 Å². The SMILES string of the molecule is CC(C)(C)[Si](C)(C)OCc1cc(F)c(O)cn1. The molecular weight excluding hydrogens is 237 g/mol. The Balaban J connectivity index is 2.71. The number of hydrogen-bond donors (Lipinski definition) is 1. The Morgan fingerprint density at radius 3 is 2.47 bits per heavy atom. The van der Waals surface area contributed by atoms with Crippen molar-refractivity contribution in [2.75, 3.05) is 0 Å². The van der Waals surface area contributed by atoms with Crippen molar-refractivity contribution in [3.05, 3.63) is 23.8 Å². The summed E-state index contributed by atoms with van der Waals surface area (Å²) in [6.45, 7) is 11.0. The van der Waals surface area contributed by atoms with Gasteiger partial charge in [0.15, 0.2) is 19.9 Å². The highest BCUT2D eigenvalue weighted by molar-refractivity contribution is 6.74. The minimum Gasteiger partial charge on any atom is -0.504 e. The van der Waals surface area contributed by atoms with Crippen molar-refractivity contribution in [3.8, 4) is 5.75 Å². The van der Waals surface area contributed by atoms with Crippen LogP contribution in [0.25, 0.3) is 0 Å². The van der Waals surface area contributed by atoms with E-state index in [0.717, 1.165) is 6.20 Å². The smallest absolute Gasteiger partial charge is 0.192 e. The predicted molar refractivity (Wildman–Crippen MR) is 67.8 cm³/mol. The van der Waals surface area contributed by atoms with Crippen molar-refractivity contribution < 1.29 is 13.9 Å². The number of rotatable bonds is 3. The van der Waals surface area contributed by atoms with E-state index in [1.165, 1.54) is 6.07 Å². The first-order valence-electron chi connectivity index (χ1n) is 5.61. The Morgan fingerprint density at radius 2 is 2.00 bits per heavy atom. The first-order valence-corrected chi connectivity index (χ1v) is 8.52. The van der Waals surface area contributed by atoms with E-state index in [-0.39, 0.29) is 11.6 Å². The van der Waals surface area contributed by atoms with E-state index in [2.05, 4.69) is 38.8 Å². The normalized spacial score (nSPS) is 12.8. The van der Waals surface area contributed by atoms with Gasteiger partial charge in [-0.05, 0) is 18.1 Å². The molecule has 0 fully saturated rings. The van der Waals surface area contributed by atoms with Crippen molar-refractivity contribution in [1.29, 1.82) is 0 Å². The van der Waals surface area contributed by atoms with E-state index in [4.69, 9.17) is 9.53 Å². The van der Waals surface area contributed by atoms with Gasteiger partial charge in [0.25, 0.3) is 0 Å². The second-order valence-corrected chi connectivity index (χ2v) is 10.5. The third-order valence-electron chi connectivity index (χ3n) is 3.28. The number of pyridine rings is 1. The summed E-state index contributed by atoms with van der Waals surface area (Å²) in [7, 11) is -1.84. The summed E-state index contributed by atoms with van der Waals surface area (Å²) in [5, 5.41) is 9.14. The van der Waals surface area contributed by atoms with Gasteiger partial charge >= 0.3 is 0 Å². The second kappa shape index (κ2) is 4.74. The number of hydrogen-bond acceptors (Lipinski definition) is 3. The predicted octanol–water partition coefficient (Wildman–Crippen LogP) is 3.45. The molecule has 1 aromatic rings. The van der Waals surface area contributed by atoms with Crippen LogP contribution in [0.2, 0.25) is 18.1 Å². The van der Waals surface area contributed by atoms with Crippen LogP contribution in [0.5, 0.6) is 5.75 Å². The van der Waals surface area contributed by atoms with Crippen molar-refractivity contribution in [2.24, 2.45) is 0 Å². The van der Waals surface area contributed by atoms with Gasteiger partial charge < -0.3 is 9.53 Å². The molecule has 0 aliphatic carbocycles. The largest absolute Gasteiger partial charge is 0.504 e. The molecule has 1 N–H and O–H groups in total. The maximum atomic E-state index is 13.1. The van der Waals surface area contributed by atoms with Gasteiger partial charge in [0.2, 0.25) is 0 Å². The van der Waals surface area contributed by atoms with E-state index in [9.17, 15) is 4.39 Å². The molecule has 1 rings (SSSR count). The maximum absolute atomic E-state index is 13.1. The summed E-state index contributed by atoms with van der Waals surface area (Å²) in [5.74, 6) is -1.09. The lowest BCUT2D eigenvalue weighted by Crippen LogP contribution is -2.40. The van der Waals surface area contributed by atoms with E-state index in [0.29, 0.717) is 5.69 Å². The zero-order valence-electron chi connectivity index (χ0n) is 11.0. The highest BCUT2D eigenvalue weighted by atomic mass is 28.4. The standard InChI is InChI=1S/C12H20FNO2Si/c1-12(2,3)17(4,5)16-8-9-6-10(13)11(15)7-14-9/h6-7,15H,8H2,1-5H3. The van der Waals surface area contributed by atoms with Crippen molar-refractivity contribution in [1.82, 2.24) is 4.98 Å². The molecule has 1 aromatic heterocycles. The van der Waals surface area contributed by atoms with Gasteiger partial charge in [-0.15, -0.1) is 0 Å². The molecule has 3 nitrogen and oxygen atoms in total. The molecule has 0 amide bonds. The van der Waals surface area contributed by atoms with Gasteiger partial charge in [0, 0.05) is 6.07 Å². The molecule has 17 heavy (non-hydrogen) atoms. The number of halogens is 1. The molecule has 96 valence electrons. The molecule has 0 atom stereocenters. The number of nitrogens with zero attached hydrogens (tertiary/aromatic N) is 1. The summed E-state index contributed by atoms with van der Waals surface area (Å²) in [6, 6.07) is 1.21. The zero-order valence-corrected chi connectivity index (χ0v) is 12.0. The molecule has 0 aliphatic rings. The van der Waals surface area contributed by atoms with Gasteiger partial charge in [-0.1, -0.05) is 20.8 Å². The van der Waals surface area contributed by atoms with Crippen LogP contribution in [-0.2, 0) is 11.0 Å². The van der Waals surface area contributed by atoms with E-state index in [1.54, 1.807) is 0 Å². The Labute approximate surface area is 103 Å². The molecule has 0 aromatic carbocycles. The highest BCUT2D eigenvalue weighted by Gasteiger charge is 2.37. The van der Waals surface area contributed by atoms with E-state index >= 15 is 0 Å². The number of aromatic nitrogens is 1. The summed E-state index contributed by atoms with van der Waals surface area (Å²) >= 11 is 0. The molecule has 0 bridgehead atoms. The third kappa shape index (κ3) is 3.51. The average molecular weight is 257 g/mol. The molecule has 0 saturated heterocycles. The average Bonchev–Trinajstić information content (AvgIpc) is 2.18. The highest BCUT2D eigenvalue weighted by Crippen LogP contribution is 2.37. The van der Waals surface area contributed by atoms with Crippen LogP contribution in [0.1, 0.15) is 26.5 Å². The summed E-state index contributed by atoms with van der Waals surface area (Å²) in [6.07, 6.45) is 1.11. The fraction of sp³-hybridized carbons (Fsp3) is 0.583. The lowest BCUT2D eigenvalue weighted by Gasteiger charge is -2.36. The number of aromatic hydroxyl groups is 1.